The summed E-state index contributed by atoms with van der Waals surface area (Å²) in [6.45, 7) is 0.139. The standard InChI is InChI=1S/C12H17N3O5/c16-6-8-7(17)5-11(20-8)15-3-1-9-13-10(18)2-4-14(9)12(15)19/h1,3,7-8,10-11,16-18H,2,4-6H2/p+1/t7-,8+,10?,11+/m0/s1. The topological polar surface area (TPSA) is 108 Å². The molecule has 20 heavy (non-hydrogen) atoms. The van der Waals surface area contributed by atoms with E-state index < -0.39 is 24.7 Å². The molecule has 0 aliphatic carbocycles. The summed E-state index contributed by atoms with van der Waals surface area (Å²) in [6.07, 6.45) is -0.389. The van der Waals surface area contributed by atoms with Crippen molar-refractivity contribution in [3.63, 3.8) is 0 Å². The van der Waals surface area contributed by atoms with E-state index in [0.717, 1.165) is 0 Å². The van der Waals surface area contributed by atoms with Gasteiger partial charge in [-0.2, -0.15) is 13.9 Å². The van der Waals surface area contributed by atoms with Gasteiger partial charge in [0, 0.05) is 18.9 Å². The predicted octanol–water partition coefficient (Wildman–Crippen LogP) is -2.09. The van der Waals surface area contributed by atoms with Crippen molar-refractivity contribution in [1.29, 1.82) is 0 Å². The van der Waals surface area contributed by atoms with Crippen molar-refractivity contribution in [2.24, 2.45) is 0 Å². The van der Waals surface area contributed by atoms with E-state index in [0.29, 0.717) is 18.8 Å². The highest BCUT2D eigenvalue weighted by Gasteiger charge is 2.39. The van der Waals surface area contributed by atoms with Gasteiger partial charge in [-0.3, -0.25) is 0 Å². The Morgan fingerprint density at radius 3 is 3.00 bits per heavy atom. The Hall–Kier alpha value is -1.48. The first-order chi connectivity index (χ1) is 9.60. The molecule has 2 aliphatic heterocycles. The minimum Gasteiger partial charge on any atom is -0.394 e. The Balaban J connectivity index is 1.91. The van der Waals surface area contributed by atoms with E-state index in [2.05, 4.69) is 5.32 Å². The van der Waals surface area contributed by atoms with Crippen LogP contribution in [0.15, 0.2) is 17.1 Å². The number of hydrogen-bond donors (Lipinski definition) is 4. The van der Waals surface area contributed by atoms with E-state index in [1.165, 1.54) is 9.13 Å². The molecule has 1 fully saturated rings. The summed E-state index contributed by atoms with van der Waals surface area (Å²) >= 11 is 0. The summed E-state index contributed by atoms with van der Waals surface area (Å²) in [7, 11) is 0. The lowest BCUT2D eigenvalue weighted by molar-refractivity contribution is -0.775. The van der Waals surface area contributed by atoms with Crippen LogP contribution in [0.3, 0.4) is 0 Å². The molecule has 1 aromatic rings. The normalized spacial score (nSPS) is 32.8. The van der Waals surface area contributed by atoms with Gasteiger partial charge in [-0.25, -0.2) is 0 Å². The molecule has 3 heterocycles. The fourth-order valence-electron chi connectivity index (χ4n) is 2.65. The zero-order chi connectivity index (χ0) is 14.3. The SMILES string of the molecule is O=c1n2c(cc[n+]1[C@H]1C[C@H](O)[C@@H](CO)O1)NC(O)CC2. The summed E-state index contributed by atoms with van der Waals surface area (Å²) in [6, 6.07) is 1.69. The number of nitrogens with one attached hydrogen (secondary N) is 1. The van der Waals surface area contributed by atoms with Gasteiger partial charge in [0.2, 0.25) is 12.0 Å². The number of aromatic nitrogens is 2. The number of aliphatic hydroxyl groups excluding tert-OH is 3. The Kier molecular flexibility index (Phi) is 3.47. The highest BCUT2D eigenvalue weighted by Crippen LogP contribution is 2.24. The van der Waals surface area contributed by atoms with E-state index in [1.807, 2.05) is 0 Å². The largest absolute Gasteiger partial charge is 0.501 e. The molecule has 3 rings (SSSR count). The van der Waals surface area contributed by atoms with Crippen molar-refractivity contribution in [2.45, 2.75) is 44.1 Å². The molecule has 4 N–H and O–H groups in total. The second kappa shape index (κ2) is 5.13. The average molecular weight is 284 g/mol. The number of anilines is 1. The molecule has 4 atom stereocenters. The monoisotopic (exact) mass is 284 g/mol. The van der Waals surface area contributed by atoms with Gasteiger partial charge in [0.05, 0.1) is 12.7 Å². The average Bonchev–Trinajstić information content (AvgIpc) is 2.80. The van der Waals surface area contributed by atoms with Crippen molar-refractivity contribution in [1.82, 2.24) is 4.57 Å². The Morgan fingerprint density at radius 2 is 2.30 bits per heavy atom. The first-order valence-corrected chi connectivity index (χ1v) is 6.64. The third kappa shape index (κ3) is 2.20. The van der Waals surface area contributed by atoms with Crippen molar-refractivity contribution < 1.29 is 24.6 Å². The Morgan fingerprint density at radius 1 is 1.50 bits per heavy atom. The minimum absolute atomic E-state index is 0.264. The van der Waals surface area contributed by atoms with Crippen LogP contribution in [0.25, 0.3) is 0 Å². The molecule has 1 aromatic heterocycles. The van der Waals surface area contributed by atoms with E-state index >= 15 is 0 Å². The molecular formula is C12H18N3O5+. The van der Waals surface area contributed by atoms with Crippen LogP contribution in [0.5, 0.6) is 0 Å². The van der Waals surface area contributed by atoms with Crippen LogP contribution in [0, 0.1) is 0 Å². The number of aliphatic hydroxyl groups is 3. The van der Waals surface area contributed by atoms with E-state index in [4.69, 9.17) is 9.84 Å². The lowest BCUT2D eigenvalue weighted by Crippen LogP contribution is -2.58. The molecule has 8 heteroatoms. The fraction of sp³-hybridized carbons (Fsp3) is 0.667. The number of ether oxygens (including phenoxy) is 1. The molecule has 110 valence electrons. The maximum atomic E-state index is 12.4. The number of fused-ring (bicyclic) bond motifs is 1. The quantitative estimate of drug-likeness (QED) is 0.464. The molecule has 1 unspecified atom stereocenters. The van der Waals surface area contributed by atoms with E-state index in [-0.39, 0.29) is 18.7 Å². The van der Waals surface area contributed by atoms with Gasteiger partial charge in [-0.05, 0) is 0 Å². The molecule has 2 aliphatic rings. The smallest absolute Gasteiger partial charge is 0.394 e. The van der Waals surface area contributed by atoms with E-state index in [9.17, 15) is 15.0 Å². The van der Waals surface area contributed by atoms with Crippen LogP contribution in [0.1, 0.15) is 19.1 Å². The molecule has 0 spiro atoms. The van der Waals surface area contributed by atoms with Crippen molar-refractivity contribution in [3.05, 3.63) is 22.7 Å². The van der Waals surface area contributed by atoms with Crippen LogP contribution < -0.4 is 15.6 Å². The van der Waals surface area contributed by atoms with Gasteiger partial charge in [0.25, 0.3) is 0 Å². The maximum absolute atomic E-state index is 12.4. The van der Waals surface area contributed by atoms with E-state index in [1.54, 1.807) is 12.3 Å². The van der Waals surface area contributed by atoms with Gasteiger partial charge in [-0.1, -0.05) is 0 Å². The first-order valence-electron chi connectivity index (χ1n) is 6.64. The molecule has 0 aromatic carbocycles. The van der Waals surface area contributed by atoms with Gasteiger partial charge >= 0.3 is 5.69 Å². The molecule has 8 nitrogen and oxygen atoms in total. The minimum atomic E-state index is -0.780. The zero-order valence-corrected chi connectivity index (χ0v) is 10.8. The summed E-state index contributed by atoms with van der Waals surface area (Å²) in [5.74, 6) is 0.558. The second-order valence-electron chi connectivity index (χ2n) is 5.11. The molecule has 1 saturated heterocycles. The molecule has 0 amide bonds. The Labute approximate surface area is 114 Å². The summed E-state index contributed by atoms with van der Waals surface area (Å²) < 4.78 is 8.41. The van der Waals surface area contributed by atoms with Gasteiger partial charge in [-0.15, -0.1) is 0 Å². The number of rotatable bonds is 2. The first kappa shape index (κ1) is 13.5. The number of hydrogen-bond acceptors (Lipinski definition) is 6. The molecule has 0 bridgehead atoms. The summed E-state index contributed by atoms with van der Waals surface area (Å²) in [5.41, 5.74) is -0.266. The Bertz CT molecular complexity index is 561. The predicted molar refractivity (Wildman–Crippen MR) is 66.8 cm³/mol. The summed E-state index contributed by atoms with van der Waals surface area (Å²) in [5, 5.41) is 31.1. The molecular weight excluding hydrogens is 266 g/mol. The van der Waals surface area contributed by atoms with Crippen LogP contribution in [-0.4, -0.2) is 44.9 Å². The summed E-state index contributed by atoms with van der Waals surface area (Å²) in [4.78, 5) is 12.4. The van der Waals surface area contributed by atoms with Crippen LogP contribution in [0.4, 0.5) is 5.82 Å². The zero-order valence-electron chi connectivity index (χ0n) is 10.8. The highest BCUT2D eigenvalue weighted by atomic mass is 16.5. The molecule has 0 saturated carbocycles. The number of nitrogens with zero attached hydrogens (tertiary/aromatic N) is 2. The van der Waals surface area contributed by atoms with Crippen LogP contribution in [-0.2, 0) is 11.3 Å². The third-order valence-electron chi connectivity index (χ3n) is 3.77. The molecule has 0 radical (unpaired) electrons. The maximum Gasteiger partial charge on any atom is 0.501 e. The lowest BCUT2D eigenvalue weighted by Gasteiger charge is -2.20. The second-order valence-corrected chi connectivity index (χ2v) is 5.11. The van der Waals surface area contributed by atoms with Gasteiger partial charge in [0.15, 0.2) is 0 Å². The highest BCUT2D eigenvalue weighted by molar-refractivity contribution is 5.34. The van der Waals surface area contributed by atoms with Gasteiger partial charge < -0.3 is 25.4 Å². The lowest BCUT2D eigenvalue weighted by atomic mass is 10.2. The van der Waals surface area contributed by atoms with Crippen molar-refractivity contribution in [3.8, 4) is 0 Å². The van der Waals surface area contributed by atoms with Crippen LogP contribution >= 0.6 is 0 Å². The van der Waals surface area contributed by atoms with Crippen molar-refractivity contribution in [2.75, 3.05) is 11.9 Å². The van der Waals surface area contributed by atoms with Gasteiger partial charge in [0.1, 0.15) is 25.1 Å². The third-order valence-corrected chi connectivity index (χ3v) is 3.77. The fourth-order valence-corrected chi connectivity index (χ4v) is 2.65. The van der Waals surface area contributed by atoms with Crippen molar-refractivity contribution >= 4 is 5.82 Å². The van der Waals surface area contributed by atoms with Crippen LogP contribution in [0.2, 0.25) is 0 Å².